The van der Waals surface area contributed by atoms with Gasteiger partial charge < -0.3 is 0 Å². The highest BCUT2D eigenvalue weighted by Crippen LogP contribution is 2.55. The van der Waals surface area contributed by atoms with E-state index in [9.17, 15) is 0 Å². The first-order valence-electron chi connectivity index (χ1n) is 3.40. The summed E-state index contributed by atoms with van der Waals surface area (Å²) in [7, 11) is 0. The Morgan fingerprint density at radius 2 is 2.00 bits per heavy atom. The number of hydrogen-bond acceptors (Lipinski definition) is 0. The quantitative estimate of drug-likeness (QED) is 0.554. The van der Waals surface area contributed by atoms with Crippen molar-refractivity contribution < 1.29 is 0 Å². The molecule has 0 radical (unpaired) electrons. The largest absolute Gasteiger partial charge is 0.121 e. The van der Waals surface area contributed by atoms with Crippen LogP contribution in [0.2, 0.25) is 0 Å². The first-order valence-corrected chi connectivity index (χ1v) is 4.16. The maximum atomic E-state index is 5.82. The Bertz CT molecular complexity index is 107. The molecule has 54 valence electrons. The molecule has 2 heteroatoms. The van der Waals surface area contributed by atoms with Gasteiger partial charge in [-0.05, 0) is 24.7 Å². The highest BCUT2D eigenvalue weighted by Gasteiger charge is 2.51. The van der Waals surface area contributed by atoms with Crippen LogP contribution in [0.4, 0.5) is 0 Å². The molecule has 0 spiro atoms. The maximum absolute atomic E-state index is 5.82. The molecule has 1 saturated carbocycles. The van der Waals surface area contributed by atoms with Gasteiger partial charge in [-0.3, -0.25) is 0 Å². The second-order valence-corrected chi connectivity index (χ2v) is 4.83. The summed E-state index contributed by atoms with van der Waals surface area (Å²) in [5, 5.41) is 0. The van der Waals surface area contributed by atoms with Crippen molar-refractivity contribution in [3.8, 4) is 0 Å². The van der Waals surface area contributed by atoms with Gasteiger partial charge >= 0.3 is 0 Å². The van der Waals surface area contributed by atoms with E-state index in [-0.39, 0.29) is 4.33 Å². The van der Waals surface area contributed by atoms with E-state index in [1.165, 1.54) is 6.42 Å². The first kappa shape index (κ1) is 7.68. The van der Waals surface area contributed by atoms with Gasteiger partial charge in [0, 0.05) is 0 Å². The highest BCUT2D eigenvalue weighted by molar-refractivity contribution is 6.50. The third-order valence-corrected chi connectivity index (χ3v) is 2.64. The van der Waals surface area contributed by atoms with Crippen LogP contribution in [0, 0.1) is 11.8 Å². The van der Waals surface area contributed by atoms with Gasteiger partial charge in [-0.2, -0.15) is 0 Å². The normalized spacial score (nSPS) is 31.0. The van der Waals surface area contributed by atoms with Gasteiger partial charge in [0.15, 0.2) is 0 Å². The third kappa shape index (κ3) is 2.01. The van der Waals surface area contributed by atoms with Crippen LogP contribution < -0.4 is 0 Å². The van der Waals surface area contributed by atoms with Gasteiger partial charge in [0.25, 0.3) is 0 Å². The summed E-state index contributed by atoms with van der Waals surface area (Å²) in [6.07, 6.45) is 2.17. The molecule has 0 amide bonds. The average molecular weight is 167 g/mol. The Morgan fingerprint density at radius 1 is 1.56 bits per heavy atom. The van der Waals surface area contributed by atoms with Crippen LogP contribution in [0.1, 0.15) is 26.7 Å². The van der Waals surface area contributed by atoms with E-state index in [0.717, 1.165) is 12.3 Å². The van der Waals surface area contributed by atoms with Crippen molar-refractivity contribution in [1.82, 2.24) is 0 Å². The first-order chi connectivity index (χ1) is 4.02. The Morgan fingerprint density at radius 3 is 2.11 bits per heavy atom. The zero-order valence-electron chi connectivity index (χ0n) is 5.82. The van der Waals surface area contributed by atoms with Crippen molar-refractivity contribution in [1.29, 1.82) is 0 Å². The Hall–Kier alpha value is 0.580. The molecule has 0 heterocycles. The lowest BCUT2D eigenvalue weighted by Crippen LogP contribution is -1.94. The molecule has 1 unspecified atom stereocenters. The fourth-order valence-electron chi connectivity index (χ4n) is 1.09. The van der Waals surface area contributed by atoms with E-state index < -0.39 is 0 Å². The van der Waals surface area contributed by atoms with Gasteiger partial charge in [0.1, 0.15) is 4.33 Å². The Balaban J connectivity index is 2.20. The summed E-state index contributed by atoms with van der Waals surface area (Å²) in [6.45, 7) is 4.39. The van der Waals surface area contributed by atoms with E-state index in [0.29, 0.717) is 5.92 Å². The minimum atomic E-state index is -0.357. The molecule has 1 rings (SSSR count). The lowest BCUT2D eigenvalue weighted by molar-refractivity contribution is 0.537. The van der Waals surface area contributed by atoms with Gasteiger partial charge in [0.05, 0.1) is 0 Å². The highest BCUT2D eigenvalue weighted by atomic mass is 35.5. The fraction of sp³-hybridized carbons (Fsp3) is 1.00. The van der Waals surface area contributed by atoms with E-state index in [4.69, 9.17) is 23.2 Å². The molecule has 0 N–H and O–H groups in total. The van der Waals surface area contributed by atoms with Crippen molar-refractivity contribution in [2.75, 3.05) is 0 Å². The van der Waals surface area contributed by atoms with Crippen molar-refractivity contribution in [3.05, 3.63) is 0 Å². The lowest BCUT2D eigenvalue weighted by atomic mass is 10.1. The van der Waals surface area contributed by atoms with Crippen LogP contribution in [0.25, 0.3) is 0 Å². The van der Waals surface area contributed by atoms with Crippen LogP contribution in [0.3, 0.4) is 0 Å². The van der Waals surface area contributed by atoms with E-state index >= 15 is 0 Å². The standard InChI is InChI=1S/C7H12Cl2/c1-5(2)3-6-4-7(6,8)9/h5-6H,3-4H2,1-2H3. The number of rotatable bonds is 2. The van der Waals surface area contributed by atoms with Crippen LogP contribution in [0.5, 0.6) is 0 Å². The number of hydrogen-bond donors (Lipinski definition) is 0. The molecule has 1 atom stereocenters. The van der Waals surface area contributed by atoms with Crippen molar-refractivity contribution >= 4 is 23.2 Å². The second kappa shape index (κ2) is 2.32. The molecule has 1 aliphatic rings. The van der Waals surface area contributed by atoms with Gasteiger partial charge in [-0.1, -0.05) is 13.8 Å². The van der Waals surface area contributed by atoms with Crippen molar-refractivity contribution in [2.24, 2.45) is 11.8 Å². The topological polar surface area (TPSA) is 0 Å². The Labute approximate surface area is 66.5 Å². The summed E-state index contributed by atoms with van der Waals surface area (Å²) >= 11 is 11.6. The molecule has 0 nitrogen and oxygen atoms in total. The zero-order chi connectivity index (χ0) is 7.07. The molecule has 0 aromatic rings. The number of halogens is 2. The smallest absolute Gasteiger partial charge is 0.101 e. The molecule has 0 aromatic carbocycles. The summed E-state index contributed by atoms with van der Waals surface area (Å²) in [6, 6.07) is 0. The minimum Gasteiger partial charge on any atom is -0.101 e. The van der Waals surface area contributed by atoms with E-state index in [1.807, 2.05) is 0 Å². The van der Waals surface area contributed by atoms with Crippen LogP contribution in [0.15, 0.2) is 0 Å². The monoisotopic (exact) mass is 166 g/mol. The molecule has 0 bridgehead atoms. The van der Waals surface area contributed by atoms with Gasteiger partial charge in [-0.15, -0.1) is 23.2 Å². The molecule has 9 heavy (non-hydrogen) atoms. The summed E-state index contributed by atoms with van der Waals surface area (Å²) in [5.41, 5.74) is 0. The van der Waals surface area contributed by atoms with Gasteiger partial charge in [-0.25, -0.2) is 0 Å². The Kier molecular flexibility index (Phi) is 1.98. The average Bonchev–Trinajstić information content (AvgIpc) is 2.10. The minimum absolute atomic E-state index is 0.357. The molecule has 0 aliphatic heterocycles. The fourth-order valence-corrected chi connectivity index (χ4v) is 1.65. The predicted molar refractivity (Wildman–Crippen MR) is 42.0 cm³/mol. The molecule has 1 aliphatic carbocycles. The summed E-state index contributed by atoms with van der Waals surface area (Å²) in [5.74, 6) is 1.30. The number of alkyl halides is 2. The third-order valence-electron chi connectivity index (χ3n) is 1.71. The summed E-state index contributed by atoms with van der Waals surface area (Å²) in [4.78, 5) is 0. The van der Waals surface area contributed by atoms with Crippen molar-refractivity contribution in [2.45, 2.75) is 31.0 Å². The van der Waals surface area contributed by atoms with Crippen molar-refractivity contribution in [3.63, 3.8) is 0 Å². The molecule has 0 saturated heterocycles. The molecule has 1 fully saturated rings. The predicted octanol–water partition coefficient (Wildman–Crippen LogP) is 3.23. The van der Waals surface area contributed by atoms with Crippen LogP contribution in [-0.2, 0) is 0 Å². The molecular weight excluding hydrogens is 155 g/mol. The molecular formula is C7H12Cl2. The summed E-state index contributed by atoms with van der Waals surface area (Å²) < 4.78 is -0.357. The molecule has 0 aromatic heterocycles. The van der Waals surface area contributed by atoms with Crippen LogP contribution in [-0.4, -0.2) is 4.33 Å². The zero-order valence-corrected chi connectivity index (χ0v) is 7.34. The van der Waals surface area contributed by atoms with Gasteiger partial charge in [0.2, 0.25) is 0 Å². The van der Waals surface area contributed by atoms with Crippen LogP contribution >= 0.6 is 23.2 Å². The lowest BCUT2D eigenvalue weighted by Gasteiger charge is -2.02. The SMILES string of the molecule is CC(C)CC1CC1(Cl)Cl. The van der Waals surface area contributed by atoms with E-state index in [1.54, 1.807) is 0 Å². The maximum Gasteiger partial charge on any atom is 0.121 e. The second-order valence-electron chi connectivity index (χ2n) is 3.29. The van der Waals surface area contributed by atoms with E-state index in [2.05, 4.69) is 13.8 Å².